The van der Waals surface area contributed by atoms with E-state index >= 15 is 0 Å². The van der Waals surface area contributed by atoms with Gasteiger partial charge in [0.15, 0.2) is 0 Å². The minimum absolute atomic E-state index is 0.628. The summed E-state index contributed by atoms with van der Waals surface area (Å²) in [5.74, 6) is 0. The van der Waals surface area contributed by atoms with Crippen molar-refractivity contribution in [1.82, 2.24) is 4.98 Å². The third-order valence-corrected chi connectivity index (χ3v) is 5.12. The van der Waals surface area contributed by atoms with Crippen molar-refractivity contribution in [3.8, 4) is 22.5 Å². The molecule has 0 fully saturated rings. The Hall–Kier alpha value is -1.48. The first-order valence-corrected chi connectivity index (χ1v) is 18.5. The first kappa shape index (κ1) is 21.7. The molecule has 30 heavy (non-hydrogen) atoms. The van der Waals surface area contributed by atoms with Crippen LogP contribution in [0.1, 0.15) is 0 Å². The fraction of sp³-hybridized carbons (Fsp3) is 0.0400. The Kier molecular flexibility index (Phi) is 7.41. The number of fused-ring (bicyclic) bond motifs is 2. The van der Waals surface area contributed by atoms with Gasteiger partial charge in [-0.1, -0.05) is 54.6 Å². The Morgan fingerprint density at radius 2 is 1.30 bits per heavy atom. The van der Waals surface area contributed by atoms with E-state index in [0.717, 1.165) is 22.2 Å². The van der Waals surface area contributed by atoms with E-state index in [1.807, 2.05) is 24.3 Å². The molecule has 5 heteroatoms. The van der Waals surface area contributed by atoms with Crippen molar-refractivity contribution in [3.63, 3.8) is 0 Å². The average molecular weight is 652 g/mol. The second kappa shape index (κ2) is 10.2. The average Bonchev–Trinajstić information content (AvgIpc) is 2.80. The van der Waals surface area contributed by atoms with E-state index in [1.54, 1.807) is 0 Å². The van der Waals surface area contributed by atoms with Crippen LogP contribution < -0.4 is 4.57 Å². The monoisotopic (exact) mass is 652 g/mol. The summed E-state index contributed by atoms with van der Waals surface area (Å²) in [5.41, 5.74) is 6.76. The molecule has 0 aliphatic heterocycles. The van der Waals surface area contributed by atoms with Crippen LogP contribution in [0.15, 0.2) is 97.1 Å². The second-order valence-electron chi connectivity index (χ2n) is 6.87. The molecule has 0 unspecified atom stereocenters. The van der Waals surface area contributed by atoms with Crippen LogP contribution >= 0.6 is 40.0 Å². The van der Waals surface area contributed by atoms with Gasteiger partial charge in [-0.15, -0.1) is 0 Å². The maximum absolute atomic E-state index is 4.93. The molecule has 0 N–H and O–H groups in total. The van der Waals surface area contributed by atoms with E-state index in [9.17, 15) is 0 Å². The molecule has 2 aromatic heterocycles. The number of nitrogens with zero attached hydrogens (tertiary/aromatic N) is 2. The van der Waals surface area contributed by atoms with E-state index in [2.05, 4.69) is 124 Å². The molecule has 5 rings (SSSR count). The summed E-state index contributed by atoms with van der Waals surface area (Å²) in [6.07, 6.45) is 0. The van der Waals surface area contributed by atoms with Crippen molar-refractivity contribution in [2.75, 3.05) is 0 Å². The summed E-state index contributed by atoms with van der Waals surface area (Å²) >= 11 is 4.74. The molecule has 0 radical (unpaired) electrons. The van der Waals surface area contributed by atoms with Crippen molar-refractivity contribution in [2.24, 2.45) is 7.05 Å². The predicted octanol–water partition coefficient (Wildman–Crippen LogP) is 7.32. The number of aryl methyl sites for hydroxylation is 1. The van der Waals surface area contributed by atoms with Crippen molar-refractivity contribution in [1.29, 1.82) is 0 Å². The normalized spacial score (nSPS) is 10.5. The molecule has 0 saturated carbocycles. The van der Waals surface area contributed by atoms with E-state index in [4.69, 9.17) is 4.98 Å². The van der Waals surface area contributed by atoms with E-state index in [0.29, 0.717) is 9.47 Å². The fourth-order valence-electron chi connectivity index (χ4n) is 3.68. The Labute approximate surface area is 205 Å². The third kappa shape index (κ3) is 4.72. The standard InChI is InChI=1S/C25H19N2.2HI.V/c1-27-24(19-10-6-3-7-11-19)15-13-21-16-20-12-14-22(18-8-4-2-5-9-18)26-23(20)17-25(21)27;;;/h2-17H,1H3;2*1H;/q+1;;;+2/p-2. The third-order valence-electron chi connectivity index (χ3n) is 5.12. The molecule has 2 heterocycles. The summed E-state index contributed by atoms with van der Waals surface area (Å²) in [7, 11) is 2.75. The summed E-state index contributed by atoms with van der Waals surface area (Å²) in [5, 5.41) is 2.38. The van der Waals surface area contributed by atoms with Crippen molar-refractivity contribution in [2.45, 2.75) is 0 Å². The first-order valence-electron chi connectivity index (χ1n) is 9.48. The van der Waals surface area contributed by atoms with Crippen LogP contribution in [-0.4, -0.2) is 4.98 Å². The van der Waals surface area contributed by atoms with Gasteiger partial charge >= 0.3 is 49.4 Å². The quantitative estimate of drug-likeness (QED) is 0.111. The van der Waals surface area contributed by atoms with Crippen LogP contribution in [0.4, 0.5) is 0 Å². The molecule has 147 valence electrons. The number of rotatable bonds is 2. The van der Waals surface area contributed by atoms with Gasteiger partial charge in [-0.2, -0.15) is 4.57 Å². The number of pyridine rings is 2. The molecular weight excluding hydrogens is 633 g/mol. The van der Waals surface area contributed by atoms with Crippen molar-refractivity contribution < 1.29 is 14.0 Å². The van der Waals surface area contributed by atoms with Crippen molar-refractivity contribution in [3.05, 3.63) is 97.1 Å². The van der Waals surface area contributed by atoms with Gasteiger partial charge in [0.1, 0.15) is 7.05 Å². The topological polar surface area (TPSA) is 16.8 Å². The Balaban J connectivity index is 0.000000687. The predicted molar refractivity (Wildman–Crippen MR) is 139 cm³/mol. The molecule has 0 atom stereocenters. The van der Waals surface area contributed by atoms with Gasteiger partial charge in [0.2, 0.25) is 11.2 Å². The number of halogens is 2. The molecule has 3 aromatic carbocycles. The van der Waals surface area contributed by atoms with E-state index < -0.39 is 0 Å². The zero-order chi connectivity index (χ0) is 20.9. The molecule has 0 saturated heterocycles. The van der Waals surface area contributed by atoms with Crippen LogP contribution in [0.3, 0.4) is 0 Å². The van der Waals surface area contributed by atoms with Gasteiger partial charge in [0, 0.05) is 34.0 Å². The zero-order valence-electron chi connectivity index (χ0n) is 16.3. The molecule has 0 aliphatic rings. The molecule has 0 aliphatic carbocycles. The van der Waals surface area contributed by atoms with Gasteiger partial charge in [-0.25, -0.2) is 4.98 Å². The number of benzene rings is 3. The molecular formula is C25H19I2N2V+. The number of hydrogen-bond acceptors (Lipinski definition) is 1. The maximum atomic E-state index is 4.93. The number of hydrogen-bond donors (Lipinski definition) is 0. The Morgan fingerprint density at radius 3 is 1.97 bits per heavy atom. The molecule has 0 amide bonds. The van der Waals surface area contributed by atoms with E-state index in [1.165, 1.54) is 22.2 Å². The summed E-state index contributed by atoms with van der Waals surface area (Å²) in [6, 6.07) is 33.9. The summed E-state index contributed by atoms with van der Waals surface area (Å²) in [4.78, 5) is 4.93. The molecule has 0 bridgehead atoms. The van der Waals surface area contributed by atoms with Gasteiger partial charge in [0.25, 0.3) is 0 Å². The Morgan fingerprint density at radius 1 is 0.700 bits per heavy atom. The van der Waals surface area contributed by atoms with Crippen molar-refractivity contribution >= 4 is 61.8 Å². The summed E-state index contributed by atoms with van der Waals surface area (Å²) < 4.78 is 2.25. The van der Waals surface area contributed by atoms with E-state index in [-0.39, 0.29) is 0 Å². The SMILES string of the molecule is C[n+]1c(-c2ccccc2)ccc2cc3ccc(-c4ccccc4)nc3cc21.[I][V][I]. The minimum atomic E-state index is 0.628. The molecule has 5 aromatic rings. The molecule has 0 spiro atoms. The van der Waals surface area contributed by atoms with Crippen LogP contribution in [0, 0.1) is 0 Å². The fourth-order valence-corrected chi connectivity index (χ4v) is 3.68. The van der Waals surface area contributed by atoms with Gasteiger partial charge < -0.3 is 0 Å². The first-order chi connectivity index (χ1) is 14.7. The van der Waals surface area contributed by atoms with Crippen LogP contribution in [0.2, 0.25) is 0 Å². The Bertz CT molecular complexity index is 1290. The second-order valence-corrected chi connectivity index (χ2v) is 18.7. The zero-order valence-corrected chi connectivity index (χ0v) is 22.0. The van der Waals surface area contributed by atoms with Crippen LogP contribution in [0.5, 0.6) is 0 Å². The summed E-state index contributed by atoms with van der Waals surface area (Å²) in [6.45, 7) is 0. The van der Waals surface area contributed by atoms with Crippen LogP contribution in [-0.2, 0) is 16.5 Å². The van der Waals surface area contributed by atoms with Gasteiger partial charge in [-0.3, -0.25) is 0 Å². The van der Waals surface area contributed by atoms with Gasteiger partial charge in [-0.05, 0) is 30.3 Å². The number of aromatic nitrogens is 2. The molecule has 2 nitrogen and oxygen atoms in total. The van der Waals surface area contributed by atoms with Crippen LogP contribution in [0.25, 0.3) is 44.3 Å². The van der Waals surface area contributed by atoms with Gasteiger partial charge in [0.05, 0.1) is 11.2 Å².